The van der Waals surface area contributed by atoms with Crippen LogP contribution in [0.25, 0.3) is 0 Å². The summed E-state index contributed by atoms with van der Waals surface area (Å²) in [5.41, 5.74) is 5.23. The van der Waals surface area contributed by atoms with Gasteiger partial charge in [0.05, 0.1) is 18.8 Å². The number of likely N-dealkylation sites (tertiary alicyclic amines) is 1. The van der Waals surface area contributed by atoms with E-state index in [1.54, 1.807) is 0 Å². The summed E-state index contributed by atoms with van der Waals surface area (Å²) in [6, 6.07) is 17.7. The lowest BCUT2D eigenvalue weighted by Gasteiger charge is -2.45. The first kappa shape index (κ1) is 20.6. The van der Waals surface area contributed by atoms with E-state index < -0.39 is 11.9 Å². The second-order valence-corrected chi connectivity index (χ2v) is 6.75. The standard InChI is InChI=1S/C19H23NO.C2H2O4/c1-14-9-15(2)11-16(10-14)13-21-18-12-20(3)19(18)17-7-5-4-6-8-17;3-1(4)2(5)6/h4-11,18-19H,12-13H2,1-3H3;(H,3,4)(H,5,6)/t18-,19-;/m1./s1. The Morgan fingerprint density at radius 3 is 2.07 bits per heavy atom. The van der Waals surface area contributed by atoms with Crippen molar-refractivity contribution in [2.24, 2.45) is 0 Å². The summed E-state index contributed by atoms with van der Waals surface area (Å²) in [4.78, 5) is 20.5. The highest BCUT2D eigenvalue weighted by atomic mass is 16.5. The number of carboxylic acids is 2. The first-order valence-corrected chi connectivity index (χ1v) is 8.68. The van der Waals surface area contributed by atoms with Crippen molar-refractivity contribution >= 4 is 11.9 Å². The molecule has 0 unspecified atom stereocenters. The average molecular weight is 371 g/mol. The van der Waals surface area contributed by atoms with Crippen molar-refractivity contribution in [3.05, 3.63) is 70.8 Å². The summed E-state index contributed by atoms with van der Waals surface area (Å²) < 4.78 is 6.17. The highest BCUT2D eigenvalue weighted by Crippen LogP contribution is 2.34. The number of carbonyl (C=O) groups is 2. The molecule has 0 bridgehead atoms. The third-order valence-corrected chi connectivity index (χ3v) is 4.36. The highest BCUT2D eigenvalue weighted by Gasteiger charge is 2.38. The minimum absolute atomic E-state index is 0.290. The van der Waals surface area contributed by atoms with Crippen LogP contribution in [-0.4, -0.2) is 46.7 Å². The zero-order valence-electron chi connectivity index (χ0n) is 15.8. The maximum absolute atomic E-state index is 9.10. The summed E-state index contributed by atoms with van der Waals surface area (Å²) in [6.45, 7) is 5.98. The van der Waals surface area contributed by atoms with Gasteiger partial charge in [-0.3, -0.25) is 4.90 Å². The molecule has 1 fully saturated rings. The molecule has 0 saturated carbocycles. The van der Waals surface area contributed by atoms with Gasteiger partial charge in [-0.05, 0) is 32.0 Å². The summed E-state index contributed by atoms with van der Waals surface area (Å²) >= 11 is 0. The molecule has 2 aromatic carbocycles. The molecule has 0 spiro atoms. The van der Waals surface area contributed by atoms with Crippen LogP contribution >= 0.6 is 0 Å². The van der Waals surface area contributed by atoms with E-state index in [1.165, 1.54) is 22.3 Å². The Kier molecular flexibility index (Phi) is 7.10. The predicted octanol–water partition coefficient (Wildman–Crippen LogP) is 3.03. The van der Waals surface area contributed by atoms with E-state index in [0.29, 0.717) is 18.8 Å². The Hall–Kier alpha value is -2.70. The summed E-state index contributed by atoms with van der Waals surface area (Å²) in [7, 11) is 2.16. The third kappa shape index (κ3) is 5.91. The lowest BCUT2D eigenvalue weighted by atomic mass is 9.92. The Morgan fingerprint density at radius 1 is 1.04 bits per heavy atom. The first-order valence-electron chi connectivity index (χ1n) is 8.68. The van der Waals surface area contributed by atoms with E-state index in [2.05, 4.69) is 74.3 Å². The minimum Gasteiger partial charge on any atom is -0.473 e. The zero-order valence-corrected chi connectivity index (χ0v) is 15.8. The number of likely N-dealkylation sites (N-methyl/N-ethyl adjacent to an activating group) is 1. The van der Waals surface area contributed by atoms with Gasteiger partial charge >= 0.3 is 11.9 Å². The summed E-state index contributed by atoms with van der Waals surface area (Å²) in [5.74, 6) is -3.65. The fourth-order valence-corrected chi connectivity index (χ4v) is 3.26. The topological polar surface area (TPSA) is 87.1 Å². The van der Waals surface area contributed by atoms with Crippen LogP contribution in [0.4, 0.5) is 0 Å². The molecule has 27 heavy (non-hydrogen) atoms. The molecule has 1 heterocycles. The Labute approximate surface area is 159 Å². The van der Waals surface area contributed by atoms with Gasteiger partial charge in [0.15, 0.2) is 0 Å². The van der Waals surface area contributed by atoms with E-state index in [0.717, 1.165) is 6.54 Å². The minimum atomic E-state index is -1.82. The third-order valence-electron chi connectivity index (χ3n) is 4.36. The van der Waals surface area contributed by atoms with Crippen molar-refractivity contribution in [2.45, 2.75) is 32.6 Å². The van der Waals surface area contributed by atoms with Crippen LogP contribution in [0.2, 0.25) is 0 Å². The zero-order chi connectivity index (χ0) is 20.0. The van der Waals surface area contributed by atoms with Gasteiger partial charge < -0.3 is 14.9 Å². The molecular formula is C21H25NO5. The van der Waals surface area contributed by atoms with Crippen LogP contribution in [0, 0.1) is 13.8 Å². The monoisotopic (exact) mass is 371 g/mol. The molecule has 2 N–H and O–H groups in total. The second kappa shape index (κ2) is 9.30. The molecule has 0 amide bonds. The van der Waals surface area contributed by atoms with E-state index >= 15 is 0 Å². The van der Waals surface area contributed by atoms with Gasteiger partial charge in [0.25, 0.3) is 0 Å². The molecule has 3 rings (SSSR count). The molecule has 1 aliphatic heterocycles. The number of carboxylic acid groups (broad SMARTS) is 2. The van der Waals surface area contributed by atoms with E-state index in [1.807, 2.05) is 0 Å². The molecule has 1 saturated heterocycles. The molecule has 2 atom stereocenters. The maximum atomic E-state index is 9.10. The van der Waals surface area contributed by atoms with Gasteiger partial charge in [0.1, 0.15) is 0 Å². The van der Waals surface area contributed by atoms with Crippen molar-refractivity contribution < 1.29 is 24.5 Å². The second-order valence-electron chi connectivity index (χ2n) is 6.75. The summed E-state index contributed by atoms with van der Waals surface area (Å²) in [5, 5.41) is 14.8. The van der Waals surface area contributed by atoms with Crippen molar-refractivity contribution in [3.8, 4) is 0 Å². The number of ether oxygens (including phenoxy) is 1. The molecule has 0 aliphatic carbocycles. The van der Waals surface area contributed by atoms with Gasteiger partial charge in [-0.1, -0.05) is 59.7 Å². The van der Waals surface area contributed by atoms with Crippen molar-refractivity contribution in [3.63, 3.8) is 0 Å². The van der Waals surface area contributed by atoms with Gasteiger partial charge in [-0.15, -0.1) is 0 Å². The van der Waals surface area contributed by atoms with Crippen LogP contribution < -0.4 is 0 Å². The first-order chi connectivity index (χ1) is 12.8. The molecule has 144 valence electrons. The number of aryl methyl sites for hydroxylation is 2. The van der Waals surface area contributed by atoms with E-state index in [4.69, 9.17) is 24.5 Å². The lowest BCUT2D eigenvalue weighted by Crippen LogP contribution is -2.52. The van der Waals surface area contributed by atoms with Gasteiger partial charge in [-0.2, -0.15) is 0 Å². The van der Waals surface area contributed by atoms with Crippen LogP contribution in [0.5, 0.6) is 0 Å². The smallest absolute Gasteiger partial charge is 0.414 e. The molecule has 6 nitrogen and oxygen atoms in total. The van der Waals surface area contributed by atoms with Gasteiger partial charge in [0.2, 0.25) is 0 Å². The fourth-order valence-electron chi connectivity index (χ4n) is 3.26. The number of rotatable bonds is 4. The van der Waals surface area contributed by atoms with E-state index in [9.17, 15) is 0 Å². The Morgan fingerprint density at radius 2 is 1.59 bits per heavy atom. The Bertz CT molecular complexity index is 758. The molecule has 2 aromatic rings. The molecule has 6 heteroatoms. The van der Waals surface area contributed by atoms with Crippen LogP contribution in [0.3, 0.4) is 0 Å². The van der Waals surface area contributed by atoms with Crippen LogP contribution in [0.1, 0.15) is 28.3 Å². The normalized spacial score (nSPS) is 18.8. The Balaban J connectivity index is 0.000000380. The van der Waals surface area contributed by atoms with Gasteiger partial charge in [0, 0.05) is 6.54 Å². The van der Waals surface area contributed by atoms with Crippen LogP contribution in [-0.2, 0) is 20.9 Å². The largest absolute Gasteiger partial charge is 0.473 e. The number of aliphatic carboxylic acids is 2. The van der Waals surface area contributed by atoms with Crippen LogP contribution in [0.15, 0.2) is 48.5 Å². The number of hydrogen-bond acceptors (Lipinski definition) is 4. The number of hydrogen-bond donors (Lipinski definition) is 2. The molecular weight excluding hydrogens is 346 g/mol. The highest BCUT2D eigenvalue weighted by molar-refractivity contribution is 6.27. The fraction of sp³-hybridized carbons (Fsp3) is 0.333. The maximum Gasteiger partial charge on any atom is 0.414 e. The summed E-state index contributed by atoms with van der Waals surface area (Å²) in [6.07, 6.45) is 0.290. The SMILES string of the molecule is Cc1cc(C)cc(CO[C@@H]2CN(C)[C@@H]2c2ccccc2)c1.O=C(O)C(=O)O. The average Bonchev–Trinajstić information content (AvgIpc) is 2.59. The number of nitrogens with zero attached hydrogens (tertiary/aromatic N) is 1. The van der Waals surface area contributed by atoms with E-state index in [-0.39, 0.29) is 0 Å². The van der Waals surface area contributed by atoms with Gasteiger partial charge in [-0.25, -0.2) is 9.59 Å². The molecule has 0 radical (unpaired) electrons. The predicted molar refractivity (Wildman–Crippen MR) is 102 cm³/mol. The molecule has 1 aliphatic rings. The van der Waals surface area contributed by atoms with Crippen molar-refractivity contribution in [2.75, 3.05) is 13.6 Å². The lowest BCUT2D eigenvalue weighted by molar-refractivity contribution is -0.159. The quantitative estimate of drug-likeness (QED) is 0.804. The van der Waals surface area contributed by atoms with Crippen molar-refractivity contribution in [1.82, 2.24) is 4.90 Å². The van der Waals surface area contributed by atoms with Crippen molar-refractivity contribution in [1.29, 1.82) is 0 Å². The number of benzene rings is 2. The molecule has 0 aromatic heterocycles.